The molecule has 0 N–H and O–H groups in total. The highest BCUT2D eigenvalue weighted by Gasteiger charge is 2.35. The molecule has 0 aliphatic carbocycles. The van der Waals surface area contributed by atoms with E-state index < -0.39 is 75.5 Å². The van der Waals surface area contributed by atoms with Crippen LogP contribution < -0.4 is 51.1 Å². The Bertz CT molecular complexity index is 2830. The highest BCUT2D eigenvalue weighted by molar-refractivity contribution is 5.85. The van der Waals surface area contributed by atoms with Gasteiger partial charge in [-0.1, -0.05) is 166 Å². The molecule has 8 heteroatoms. The van der Waals surface area contributed by atoms with Gasteiger partial charge in [-0.05, 0) is 114 Å². The molecule has 0 aliphatic heterocycles. The second-order valence-corrected chi connectivity index (χ2v) is 29.2. The summed E-state index contributed by atoms with van der Waals surface area (Å²) >= 11 is 0. The lowest BCUT2D eigenvalue weighted by atomic mass is 9.74. The van der Waals surface area contributed by atoms with E-state index in [1.165, 1.54) is 0 Å². The molecule has 0 atom stereocenters. The molecule has 0 saturated heterocycles. The average molecular weight is 1040 g/mol. The maximum atomic E-state index is 16.0. The third kappa shape index (κ3) is 11.7. The van der Waals surface area contributed by atoms with Gasteiger partial charge in [0.15, 0.2) is 0 Å². The molecule has 0 fully saturated rings. The zero-order valence-corrected chi connectivity index (χ0v) is 51.9. The summed E-state index contributed by atoms with van der Waals surface area (Å²) in [5.74, 6) is 2.74. The van der Waals surface area contributed by atoms with E-state index in [-0.39, 0.29) is 11.1 Å². The molecule has 0 unspecified atom stereocenters. The SMILES string of the molecule is COc1c(C(C)(C)C)cc(C(c2cc(C(C)(C)C)c(OC)c(C(C)(C)C)c2)=c2c(=O)c(=O)c(=C(c3cc(C(C)(C)C)c(OC)c(C(C)(C)C)c3)c3cc(C(C)(C)C)c(OC)c(C(C)(C)C)c3)c(=O)c2=O)cc1C(C)(C)C. The number of hydrogen-bond donors (Lipinski definition) is 0. The van der Waals surface area contributed by atoms with Crippen molar-refractivity contribution in [2.45, 2.75) is 209 Å². The second kappa shape index (κ2) is 20.2. The van der Waals surface area contributed by atoms with Crippen LogP contribution >= 0.6 is 0 Å². The Labute approximate surface area is 455 Å². The van der Waals surface area contributed by atoms with E-state index in [1.54, 1.807) is 28.4 Å². The van der Waals surface area contributed by atoms with Crippen molar-refractivity contribution in [3.8, 4) is 23.0 Å². The zero-order chi connectivity index (χ0) is 58.3. The molecule has 8 nitrogen and oxygen atoms in total. The standard InChI is InChI=1S/C68H92O8/c1-61(2,3)41-29-37(30-42(57(41)73-25)62(4,5)6)49(38-31-43(63(7,8)9)58(74-26)44(32-38)64(10,11)12)51-53(69)55(71)52(56(72)54(51)70)50(39-33-45(65(13,14)15)59(75-27)46(34-39)66(16,17)18)40-35-47(67(19,20)21)60(76-28)48(36-40)68(22,23)24/h29-36H,1-28H3. The predicted octanol–water partition coefficient (Wildman–Crippen LogP) is 12.9. The van der Waals surface area contributed by atoms with Crippen LogP contribution in [0.4, 0.5) is 0 Å². The number of hydrogen-bond acceptors (Lipinski definition) is 8. The van der Waals surface area contributed by atoms with E-state index in [0.29, 0.717) is 45.3 Å². The first kappa shape index (κ1) is 61.1. The molecule has 5 aromatic rings. The molecule has 5 aromatic carbocycles. The molecule has 0 spiro atoms. The van der Waals surface area contributed by atoms with Crippen molar-refractivity contribution in [1.29, 1.82) is 0 Å². The molecule has 0 radical (unpaired) electrons. The summed E-state index contributed by atoms with van der Waals surface area (Å²) in [6, 6.07) is 15.7. The number of ether oxygens (including phenoxy) is 4. The van der Waals surface area contributed by atoms with Crippen molar-refractivity contribution in [2.75, 3.05) is 28.4 Å². The highest BCUT2D eigenvalue weighted by Crippen LogP contribution is 2.48. The van der Waals surface area contributed by atoms with E-state index in [9.17, 15) is 0 Å². The molecule has 0 saturated carbocycles. The molecule has 0 amide bonds. The summed E-state index contributed by atoms with van der Waals surface area (Å²) in [7, 11) is 6.61. The summed E-state index contributed by atoms with van der Waals surface area (Å²) in [6.45, 7) is 50.1. The van der Waals surface area contributed by atoms with Gasteiger partial charge in [-0.15, -0.1) is 0 Å². The third-order valence-electron chi connectivity index (χ3n) is 14.6. The average Bonchev–Trinajstić information content (AvgIpc) is 3.27. The number of rotatable bonds is 8. The monoisotopic (exact) mass is 1040 g/mol. The molecule has 0 bridgehead atoms. The van der Waals surface area contributed by atoms with E-state index in [4.69, 9.17) is 18.9 Å². The van der Waals surface area contributed by atoms with Crippen LogP contribution in [0, 0.1) is 0 Å². The van der Waals surface area contributed by atoms with Gasteiger partial charge in [-0.3, -0.25) is 19.2 Å². The highest BCUT2D eigenvalue weighted by atomic mass is 16.5. The minimum absolute atomic E-state index is 0.193. The van der Waals surface area contributed by atoms with Crippen LogP contribution in [0.3, 0.4) is 0 Å². The molecule has 76 heavy (non-hydrogen) atoms. The van der Waals surface area contributed by atoms with Gasteiger partial charge in [0.25, 0.3) is 0 Å². The van der Waals surface area contributed by atoms with Gasteiger partial charge in [0.1, 0.15) is 23.0 Å². The Kier molecular flexibility index (Phi) is 16.3. The van der Waals surface area contributed by atoms with Gasteiger partial charge in [0, 0.05) is 55.7 Å². The Hall–Kier alpha value is -5.76. The van der Waals surface area contributed by atoms with Crippen molar-refractivity contribution < 1.29 is 18.9 Å². The van der Waals surface area contributed by atoms with Gasteiger partial charge in [-0.2, -0.15) is 0 Å². The molecule has 0 aromatic heterocycles. The van der Waals surface area contributed by atoms with Crippen LogP contribution in [0.2, 0.25) is 0 Å². The van der Waals surface area contributed by atoms with Gasteiger partial charge in [0.05, 0.1) is 38.9 Å². The lowest BCUT2D eigenvalue weighted by molar-refractivity contribution is 0.381. The summed E-state index contributed by atoms with van der Waals surface area (Å²) < 4.78 is 24.9. The molecular formula is C68H92O8. The van der Waals surface area contributed by atoms with Crippen molar-refractivity contribution in [3.63, 3.8) is 0 Å². The topological polar surface area (TPSA) is 105 Å². The Morgan fingerprint density at radius 3 is 0.461 bits per heavy atom. The molecule has 412 valence electrons. The molecule has 5 rings (SSSR count). The van der Waals surface area contributed by atoms with Crippen LogP contribution in [-0.2, 0) is 43.3 Å². The second-order valence-electron chi connectivity index (χ2n) is 29.2. The first-order valence-electron chi connectivity index (χ1n) is 26.9. The largest absolute Gasteiger partial charge is 0.496 e. The number of benzene rings is 5. The lowest BCUT2D eigenvalue weighted by Gasteiger charge is -2.32. The quantitative estimate of drug-likeness (QED) is 0.142. The summed E-state index contributed by atoms with van der Waals surface area (Å²) in [6.07, 6.45) is 0. The molecular weight excluding hydrogens is 945 g/mol. The van der Waals surface area contributed by atoms with E-state index in [0.717, 1.165) is 44.5 Å². The van der Waals surface area contributed by atoms with Crippen LogP contribution in [0.15, 0.2) is 67.7 Å². The zero-order valence-electron chi connectivity index (χ0n) is 51.9. The maximum absolute atomic E-state index is 16.0. The van der Waals surface area contributed by atoms with Gasteiger partial charge in [0.2, 0.25) is 21.7 Å². The van der Waals surface area contributed by atoms with E-state index in [1.807, 2.05) is 48.5 Å². The first-order valence-corrected chi connectivity index (χ1v) is 26.9. The molecule has 0 aliphatic rings. The Balaban J connectivity index is 2.38. The van der Waals surface area contributed by atoms with Crippen molar-refractivity contribution in [1.82, 2.24) is 0 Å². The summed E-state index contributed by atoms with van der Waals surface area (Å²) in [5.41, 5.74) is 0.869. The summed E-state index contributed by atoms with van der Waals surface area (Å²) in [4.78, 5) is 64.1. The Morgan fingerprint density at radius 1 is 0.250 bits per heavy atom. The fourth-order valence-electron chi connectivity index (χ4n) is 10.5. The van der Waals surface area contributed by atoms with Crippen LogP contribution in [-0.4, -0.2) is 28.4 Å². The van der Waals surface area contributed by atoms with Crippen LogP contribution in [0.1, 0.15) is 233 Å². The lowest BCUT2D eigenvalue weighted by Crippen LogP contribution is -2.65. The summed E-state index contributed by atoms with van der Waals surface area (Å²) in [5, 5.41) is -0.956. The van der Waals surface area contributed by atoms with Gasteiger partial charge >= 0.3 is 0 Å². The normalized spacial score (nSPS) is 13.2. The van der Waals surface area contributed by atoms with Crippen molar-refractivity contribution >= 4 is 11.1 Å². The number of methoxy groups -OCH3 is 4. The predicted molar refractivity (Wildman–Crippen MR) is 318 cm³/mol. The van der Waals surface area contributed by atoms with Crippen LogP contribution in [0.25, 0.3) is 11.1 Å². The van der Waals surface area contributed by atoms with Crippen molar-refractivity contribution in [2.24, 2.45) is 0 Å². The fourth-order valence-corrected chi connectivity index (χ4v) is 10.5. The first-order chi connectivity index (χ1) is 34.3. The Morgan fingerprint density at radius 2 is 0.368 bits per heavy atom. The minimum Gasteiger partial charge on any atom is -0.496 e. The van der Waals surface area contributed by atoms with Crippen molar-refractivity contribution in [3.05, 3.63) is 167 Å². The third-order valence-corrected chi connectivity index (χ3v) is 14.6. The van der Waals surface area contributed by atoms with Gasteiger partial charge < -0.3 is 18.9 Å². The maximum Gasteiger partial charge on any atom is 0.238 e. The molecule has 0 heterocycles. The minimum atomic E-state index is -1.07. The smallest absolute Gasteiger partial charge is 0.238 e. The van der Waals surface area contributed by atoms with E-state index in [2.05, 4.69) is 166 Å². The van der Waals surface area contributed by atoms with E-state index >= 15 is 19.2 Å². The van der Waals surface area contributed by atoms with Crippen LogP contribution in [0.5, 0.6) is 23.0 Å². The fraction of sp³-hybridized carbons (Fsp3) is 0.529. The van der Waals surface area contributed by atoms with Gasteiger partial charge in [-0.25, -0.2) is 0 Å².